The molecule has 0 saturated carbocycles. The van der Waals surface area contributed by atoms with Gasteiger partial charge in [0, 0.05) is 12.7 Å². The van der Waals surface area contributed by atoms with E-state index in [1.165, 1.54) is 21.9 Å². The van der Waals surface area contributed by atoms with Gasteiger partial charge in [-0.1, -0.05) is 12.1 Å². The predicted octanol–water partition coefficient (Wildman–Crippen LogP) is 1.44. The number of nitrogens with zero attached hydrogens (tertiary/aromatic N) is 6. The zero-order valence-electron chi connectivity index (χ0n) is 14.6. The number of aromatic nitrogens is 6. The topological polar surface area (TPSA) is 99.6 Å². The Hall–Kier alpha value is -3.75. The van der Waals surface area contributed by atoms with Crippen molar-refractivity contribution in [2.45, 2.75) is 20.0 Å². The molecule has 1 amide bonds. The maximum Gasteiger partial charge on any atom is 0.329 e. The van der Waals surface area contributed by atoms with Crippen LogP contribution >= 0.6 is 0 Å². The van der Waals surface area contributed by atoms with Crippen LogP contribution in [0.3, 0.4) is 0 Å². The summed E-state index contributed by atoms with van der Waals surface area (Å²) in [6, 6.07) is 10.9. The largest absolute Gasteiger partial charge is 0.329 e. The van der Waals surface area contributed by atoms with Gasteiger partial charge in [0.2, 0.25) is 5.91 Å². The molecular weight excluding hydrogens is 346 g/mol. The molecule has 0 unspecified atom stereocenters. The summed E-state index contributed by atoms with van der Waals surface area (Å²) in [7, 11) is 0. The van der Waals surface area contributed by atoms with Crippen LogP contribution < -0.4 is 11.0 Å². The smallest absolute Gasteiger partial charge is 0.321 e. The number of benzene rings is 1. The summed E-state index contributed by atoms with van der Waals surface area (Å²) in [6.07, 6.45) is 4.49. The fraction of sp³-hybridized carbons (Fsp3) is 0.167. The summed E-state index contributed by atoms with van der Waals surface area (Å²) in [6.45, 7) is 2.34. The van der Waals surface area contributed by atoms with E-state index in [0.29, 0.717) is 18.1 Å². The maximum absolute atomic E-state index is 12.7. The third-order valence-electron chi connectivity index (χ3n) is 4.24. The number of imidazole rings is 1. The van der Waals surface area contributed by atoms with Gasteiger partial charge in [-0.25, -0.2) is 19.4 Å². The van der Waals surface area contributed by atoms with Crippen LogP contribution in [0.5, 0.6) is 0 Å². The van der Waals surface area contributed by atoms with Crippen LogP contribution in [0.4, 0.5) is 5.69 Å². The average molecular weight is 363 g/mol. The number of hydrogen-bond acceptors (Lipinski definition) is 5. The molecule has 9 nitrogen and oxygen atoms in total. The van der Waals surface area contributed by atoms with E-state index in [4.69, 9.17) is 0 Å². The van der Waals surface area contributed by atoms with Crippen LogP contribution in [0.1, 0.15) is 6.92 Å². The zero-order chi connectivity index (χ0) is 18.8. The van der Waals surface area contributed by atoms with Gasteiger partial charge >= 0.3 is 5.69 Å². The van der Waals surface area contributed by atoms with E-state index in [9.17, 15) is 9.59 Å². The van der Waals surface area contributed by atoms with Gasteiger partial charge in [0.1, 0.15) is 19.2 Å². The van der Waals surface area contributed by atoms with E-state index in [1.807, 2.05) is 31.2 Å². The average Bonchev–Trinajstić information content (AvgIpc) is 3.30. The highest BCUT2D eigenvalue weighted by molar-refractivity contribution is 5.93. The molecule has 0 saturated heterocycles. The van der Waals surface area contributed by atoms with Crippen molar-refractivity contribution >= 4 is 22.6 Å². The lowest BCUT2D eigenvalue weighted by Gasteiger charge is -2.10. The van der Waals surface area contributed by atoms with E-state index >= 15 is 0 Å². The van der Waals surface area contributed by atoms with E-state index < -0.39 is 0 Å². The van der Waals surface area contributed by atoms with Gasteiger partial charge in [0.25, 0.3) is 0 Å². The van der Waals surface area contributed by atoms with Gasteiger partial charge in [0.15, 0.2) is 5.82 Å². The Kier molecular flexibility index (Phi) is 4.25. The summed E-state index contributed by atoms with van der Waals surface area (Å²) in [5.74, 6) is 0.122. The fourth-order valence-corrected chi connectivity index (χ4v) is 3.06. The molecule has 27 heavy (non-hydrogen) atoms. The van der Waals surface area contributed by atoms with Gasteiger partial charge < -0.3 is 5.32 Å². The third-order valence-corrected chi connectivity index (χ3v) is 4.24. The first-order valence-electron chi connectivity index (χ1n) is 8.47. The molecule has 0 aliphatic carbocycles. The monoisotopic (exact) mass is 363 g/mol. The number of aryl methyl sites for hydroxylation is 1. The first kappa shape index (κ1) is 16.7. The molecule has 136 valence electrons. The number of nitrogens with one attached hydrogen (secondary N) is 1. The molecule has 0 atom stereocenters. The quantitative estimate of drug-likeness (QED) is 0.578. The summed E-state index contributed by atoms with van der Waals surface area (Å²) in [5.41, 5.74) is 1.81. The highest BCUT2D eigenvalue weighted by atomic mass is 16.2. The van der Waals surface area contributed by atoms with E-state index in [-0.39, 0.29) is 18.1 Å². The molecule has 0 aliphatic heterocycles. The molecule has 9 heteroatoms. The minimum absolute atomic E-state index is 0.0992. The van der Waals surface area contributed by atoms with Crippen molar-refractivity contribution in [3.8, 4) is 5.82 Å². The van der Waals surface area contributed by atoms with Gasteiger partial charge in [-0.3, -0.25) is 13.9 Å². The second-order valence-corrected chi connectivity index (χ2v) is 5.86. The van der Waals surface area contributed by atoms with Gasteiger partial charge in [-0.2, -0.15) is 5.10 Å². The second-order valence-electron chi connectivity index (χ2n) is 5.86. The molecule has 3 heterocycles. The van der Waals surface area contributed by atoms with Gasteiger partial charge in [-0.05, 0) is 31.2 Å². The Morgan fingerprint density at radius 2 is 1.89 bits per heavy atom. The molecule has 3 aromatic heterocycles. The van der Waals surface area contributed by atoms with Gasteiger partial charge in [0.05, 0.1) is 16.7 Å². The first-order valence-corrected chi connectivity index (χ1v) is 8.47. The van der Waals surface area contributed by atoms with E-state index in [0.717, 1.165) is 11.0 Å². The third kappa shape index (κ3) is 2.99. The number of carbonyl (C=O) groups excluding carboxylic acids is 1. The Morgan fingerprint density at radius 3 is 2.59 bits per heavy atom. The molecule has 4 rings (SSSR count). The lowest BCUT2D eigenvalue weighted by molar-refractivity contribution is -0.116. The highest BCUT2D eigenvalue weighted by Gasteiger charge is 2.16. The Bertz CT molecular complexity index is 1160. The standard InChI is InChI=1S/C18H17N7O2/c1-2-23-14-7-3-4-8-15(14)24(18(23)27)10-16(26)22-13-6-5-9-20-17(13)25-12-19-11-21-25/h3-9,11-12H,2,10H2,1H3,(H,22,26). The minimum atomic E-state index is -0.328. The number of fused-ring (bicyclic) bond motifs is 1. The molecule has 0 radical (unpaired) electrons. The molecule has 1 aromatic carbocycles. The van der Waals surface area contributed by atoms with Crippen LogP contribution in [0, 0.1) is 0 Å². The highest BCUT2D eigenvalue weighted by Crippen LogP contribution is 2.17. The number of anilines is 1. The van der Waals surface area contributed by atoms with Crippen molar-refractivity contribution in [1.82, 2.24) is 28.9 Å². The summed E-state index contributed by atoms with van der Waals surface area (Å²) >= 11 is 0. The summed E-state index contributed by atoms with van der Waals surface area (Å²) in [4.78, 5) is 33.5. The minimum Gasteiger partial charge on any atom is -0.321 e. The Labute approximate surface area is 153 Å². The summed E-state index contributed by atoms with van der Waals surface area (Å²) in [5, 5.41) is 6.85. The SMILES string of the molecule is CCn1c(=O)n(CC(=O)Nc2cccnc2-n2cncn2)c2ccccc21. The van der Waals surface area contributed by atoms with Gasteiger partial charge in [-0.15, -0.1) is 0 Å². The normalized spacial score (nSPS) is 11.0. The van der Waals surface area contributed by atoms with E-state index in [1.54, 1.807) is 22.9 Å². The van der Waals surface area contributed by atoms with Crippen molar-refractivity contribution in [2.24, 2.45) is 0 Å². The Morgan fingerprint density at radius 1 is 1.11 bits per heavy atom. The second kappa shape index (κ2) is 6.87. The van der Waals surface area contributed by atoms with Crippen molar-refractivity contribution in [3.63, 3.8) is 0 Å². The number of para-hydroxylation sites is 2. The molecule has 0 bridgehead atoms. The zero-order valence-corrected chi connectivity index (χ0v) is 14.6. The maximum atomic E-state index is 12.7. The van der Waals surface area contributed by atoms with E-state index in [2.05, 4.69) is 20.4 Å². The number of carbonyl (C=O) groups is 1. The van der Waals surface area contributed by atoms with Crippen LogP contribution in [-0.2, 0) is 17.9 Å². The van der Waals surface area contributed by atoms with Crippen molar-refractivity contribution in [1.29, 1.82) is 0 Å². The lowest BCUT2D eigenvalue weighted by atomic mass is 10.3. The number of pyridine rings is 1. The molecule has 0 spiro atoms. The number of hydrogen-bond donors (Lipinski definition) is 1. The van der Waals surface area contributed by atoms with Crippen molar-refractivity contribution < 1.29 is 4.79 Å². The molecular formula is C18H17N7O2. The van der Waals surface area contributed by atoms with Crippen molar-refractivity contribution in [3.05, 3.63) is 65.7 Å². The van der Waals surface area contributed by atoms with Crippen LogP contribution in [0.25, 0.3) is 16.9 Å². The molecule has 4 aromatic rings. The van der Waals surface area contributed by atoms with Crippen LogP contribution in [0.2, 0.25) is 0 Å². The van der Waals surface area contributed by atoms with Crippen LogP contribution in [-0.4, -0.2) is 34.8 Å². The van der Waals surface area contributed by atoms with Crippen LogP contribution in [0.15, 0.2) is 60.0 Å². The first-order chi connectivity index (χ1) is 13.2. The fourth-order valence-electron chi connectivity index (χ4n) is 3.06. The summed E-state index contributed by atoms with van der Waals surface area (Å²) < 4.78 is 4.58. The number of amides is 1. The molecule has 1 N–H and O–H groups in total. The lowest BCUT2D eigenvalue weighted by Crippen LogP contribution is -2.29. The molecule has 0 aliphatic rings. The number of rotatable bonds is 5. The Balaban J connectivity index is 1.65. The molecule has 0 fully saturated rings. The van der Waals surface area contributed by atoms with Crippen molar-refractivity contribution in [2.75, 3.05) is 5.32 Å². The predicted molar refractivity (Wildman–Crippen MR) is 99.7 cm³/mol.